The van der Waals surface area contributed by atoms with Crippen molar-refractivity contribution in [1.29, 1.82) is 0 Å². The van der Waals surface area contributed by atoms with Gasteiger partial charge in [0, 0.05) is 12.1 Å². The van der Waals surface area contributed by atoms with Crippen molar-refractivity contribution in [1.82, 2.24) is 0 Å². The van der Waals surface area contributed by atoms with Crippen LogP contribution in [-0.4, -0.2) is 11.7 Å². The van der Waals surface area contributed by atoms with Gasteiger partial charge in [-0.05, 0) is 17.7 Å². The van der Waals surface area contributed by atoms with Crippen LogP contribution in [0, 0.1) is 0 Å². The van der Waals surface area contributed by atoms with Gasteiger partial charge in [-0.15, -0.1) is 0 Å². The van der Waals surface area contributed by atoms with E-state index in [1.54, 1.807) is 18.2 Å². The molecule has 3 nitrogen and oxygen atoms in total. The Morgan fingerprint density at radius 1 is 1.16 bits per heavy atom. The van der Waals surface area contributed by atoms with Gasteiger partial charge in [0.2, 0.25) is 0 Å². The number of halogens is 1. The number of rotatable bonds is 5. The van der Waals surface area contributed by atoms with Crippen LogP contribution < -0.4 is 10.5 Å². The fourth-order valence-corrected chi connectivity index (χ4v) is 2.03. The number of hydrogen-bond donors (Lipinski definition) is 2. The summed E-state index contributed by atoms with van der Waals surface area (Å²) in [7, 11) is 0. The molecule has 2 aromatic rings. The zero-order valence-corrected chi connectivity index (χ0v) is 11.2. The van der Waals surface area contributed by atoms with Crippen molar-refractivity contribution in [3.8, 4) is 5.75 Å². The molecule has 0 aliphatic heterocycles. The van der Waals surface area contributed by atoms with Crippen molar-refractivity contribution in [2.45, 2.75) is 12.7 Å². The highest BCUT2D eigenvalue weighted by atomic mass is 35.5. The zero-order chi connectivity index (χ0) is 13.7. The predicted molar refractivity (Wildman–Crippen MR) is 76.2 cm³/mol. The minimum Gasteiger partial charge on any atom is -0.489 e. The Bertz CT molecular complexity index is 531. The van der Waals surface area contributed by atoms with Gasteiger partial charge in [-0.1, -0.05) is 48.0 Å². The summed E-state index contributed by atoms with van der Waals surface area (Å²) in [6.45, 7) is 0.625. The van der Waals surface area contributed by atoms with Crippen LogP contribution in [0.3, 0.4) is 0 Å². The third kappa shape index (κ3) is 3.70. The number of aliphatic hydroxyl groups excluding tert-OH is 1. The standard InChI is InChI=1S/C15H16ClNO2/c16-14-8-12(6-7-13(14)15(18)9-17)19-10-11-4-2-1-3-5-11/h1-8,15,18H,9-10,17H2/t15-/m0/s1. The molecule has 0 heterocycles. The van der Waals surface area contributed by atoms with Crippen LogP contribution in [0.25, 0.3) is 0 Å². The van der Waals surface area contributed by atoms with Crippen molar-refractivity contribution in [3.63, 3.8) is 0 Å². The van der Waals surface area contributed by atoms with Crippen molar-refractivity contribution < 1.29 is 9.84 Å². The van der Waals surface area contributed by atoms with Crippen LogP contribution in [0.4, 0.5) is 0 Å². The van der Waals surface area contributed by atoms with E-state index in [0.717, 1.165) is 5.56 Å². The Morgan fingerprint density at radius 3 is 2.53 bits per heavy atom. The van der Waals surface area contributed by atoms with E-state index in [1.165, 1.54) is 0 Å². The first kappa shape index (κ1) is 13.9. The molecule has 0 unspecified atom stereocenters. The Kier molecular flexibility index (Phi) is 4.80. The largest absolute Gasteiger partial charge is 0.489 e. The maximum atomic E-state index is 9.66. The molecule has 0 bridgehead atoms. The monoisotopic (exact) mass is 277 g/mol. The number of nitrogens with two attached hydrogens (primary N) is 1. The summed E-state index contributed by atoms with van der Waals surface area (Å²) in [6, 6.07) is 15.1. The number of aliphatic hydroxyl groups is 1. The molecular weight excluding hydrogens is 262 g/mol. The highest BCUT2D eigenvalue weighted by Crippen LogP contribution is 2.27. The van der Waals surface area contributed by atoms with Gasteiger partial charge in [-0.3, -0.25) is 0 Å². The lowest BCUT2D eigenvalue weighted by Crippen LogP contribution is -2.11. The molecule has 0 amide bonds. The highest BCUT2D eigenvalue weighted by molar-refractivity contribution is 6.31. The molecule has 0 aliphatic carbocycles. The smallest absolute Gasteiger partial charge is 0.121 e. The quantitative estimate of drug-likeness (QED) is 0.883. The summed E-state index contributed by atoms with van der Waals surface area (Å²) in [6.07, 6.45) is -0.740. The van der Waals surface area contributed by atoms with Crippen LogP contribution in [0.5, 0.6) is 5.75 Å². The van der Waals surface area contributed by atoms with Gasteiger partial charge in [-0.25, -0.2) is 0 Å². The molecule has 2 rings (SSSR count). The third-order valence-corrected chi connectivity index (χ3v) is 3.13. The molecule has 0 aliphatic rings. The van der Waals surface area contributed by atoms with E-state index in [4.69, 9.17) is 22.1 Å². The number of benzene rings is 2. The second kappa shape index (κ2) is 6.57. The van der Waals surface area contributed by atoms with Crippen LogP contribution in [0.2, 0.25) is 5.02 Å². The fraction of sp³-hybridized carbons (Fsp3) is 0.200. The maximum absolute atomic E-state index is 9.66. The van der Waals surface area contributed by atoms with Gasteiger partial charge in [0.05, 0.1) is 11.1 Å². The van der Waals surface area contributed by atoms with E-state index in [1.807, 2.05) is 30.3 Å². The maximum Gasteiger partial charge on any atom is 0.121 e. The van der Waals surface area contributed by atoms with Crippen molar-refractivity contribution >= 4 is 11.6 Å². The first-order valence-corrected chi connectivity index (χ1v) is 6.43. The summed E-state index contributed by atoms with van der Waals surface area (Å²) >= 11 is 6.09. The summed E-state index contributed by atoms with van der Waals surface area (Å²) < 4.78 is 5.64. The van der Waals surface area contributed by atoms with Crippen LogP contribution in [0.1, 0.15) is 17.2 Å². The van der Waals surface area contributed by atoms with Crippen molar-refractivity contribution in [2.75, 3.05) is 6.54 Å². The van der Waals surface area contributed by atoms with E-state index in [9.17, 15) is 5.11 Å². The third-order valence-electron chi connectivity index (χ3n) is 2.80. The molecule has 0 radical (unpaired) electrons. The number of ether oxygens (including phenoxy) is 1. The van der Waals surface area contributed by atoms with Crippen LogP contribution in [-0.2, 0) is 6.61 Å². The Morgan fingerprint density at radius 2 is 1.89 bits per heavy atom. The second-order valence-corrected chi connectivity index (χ2v) is 4.62. The van der Waals surface area contributed by atoms with Crippen molar-refractivity contribution in [3.05, 3.63) is 64.7 Å². The van der Waals surface area contributed by atoms with Gasteiger partial charge in [0.1, 0.15) is 12.4 Å². The average molecular weight is 278 g/mol. The lowest BCUT2D eigenvalue weighted by Gasteiger charge is -2.12. The molecule has 100 valence electrons. The summed E-state index contributed by atoms with van der Waals surface area (Å²) in [5.74, 6) is 0.668. The molecule has 2 aromatic carbocycles. The normalized spacial score (nSPS) is 12.2. The van der Waals surface area contributed by atoms with Gasteiger partial charge < -0.3 is 15.6 Å². The second-order valence-electron chi connectivity index (χ2n) is 4.21. The lowest BCUT2D eigenvalue weighted by molar-refractivity contribution is 0.186. The Balaban J connectivity index is 2.04. The minimum absolute atomic E-state index is 0.143. The van der Waals surface area contributed by atoms with Crippen LogP contribution >= 0.6 is 11.6 Å². The van der Waals surface area contributed by atoms with Crippen molar-refractivity contribution in [2.24, 2.45) is 5.73 Å². The number of hydrogen-bond acceptors (Lipinski definition) is 3. The minimum atomic E-state index is -0.740. The lowest BCUT2D eigenvalue weighted by atomic mass is 10.1. The molecule has 0 saturated heterocycles. The van der Waals surface area contributed by atoms with Gasteiger partial charge in [-0.2, -0.15) is 0 Å². The van der Waals surface area contributed by atoms with Gasteiger partial charge >= 0.3 is 0 Å². The van der Waals surface area contributed by atoms with Gasteiger partial charge in [0.15, 0.2) is 0 Å². The van der Waals surface area contributed by atoms with Crippen LogP contribution in [0.15, 0.2) is 48.5 Å². The topological polar surface area (TPSA) is 55.5 Å². The van der Waals surface area contributed by atoms with E-state index in [0.29, 0.717) is 22.9 Å². The Hall–Kier alpha value is -1.55. The molecule has 0 saturated carbocycles. The molecule has 3 N–H and O–H groups in total. The summed E-state index contributed by atoms with van der Waals surface area (Å²) in [5, 5.41) is 10.1. The van der Waals surface area contributed by atoms with E-state index in [2.05, 4.69) is 0 Å². The first-order chi connectivity index (χ1) is 9.20. The summed E-state index contributed by atoms with van der Waals surface area (Å²) in [4.78, 5) is 0. The summed E-state index contributed by atoms with van der Waals surface area (Å²) in [5.41, 5.74) is 7.11. The zero-order valence-electron chi connectivity index (χ0n) is 10.4. The van der Waals surface area contributed by atoms with E-state index in [-0.39, 0.29) is 6.54 Å². The predicted octanol–water partition coefficient (Wildman–Crippen LogP) is 2.91. The average Bonchev–Trinajstić information content (AvgIpc) is 2.45. The first-order valence-electron chi connectivity index (χ1n) is 6.05. The van der Waals surface area contributed by atoms with E-state index >= 15 is 0 Å². The molecule has 0 fully saturated rings. The van der Waals surface area contributed by atoms with E-state index < -0.39 is 6.10 Å². The SMILES string of the molecule is NC[C@H](O)c1ccc(OCc2ccccc2)cc1Cl. The highest BCUT2D eigenvalue weighted by Gasteiger charge is 2.10. The molecule has 19 heavy (non-hydrogen) atoms. The fourth-order valence-electron chi connectivity index (χ4n) is 1.74. The molecule has 1 atom stereocenters. The molecule has 4 heteroatoms. The molecule has 0 spiro atoms. The Labute approximate surface area is 117 Å². The van der Waals surface area contributed by atoms with Gasteiger partial charge in [0.25, 0.3) is 0 Å². The molecular formula is C15H16ClNO2. The molecule has 0 aromatic heterocycles.